The molecule has 0 saturated heterocycles. The second kappa shape index (κ2) is 4.99. The van der Waals surface area contributed by atoms with E-state index in [4.69, 9.17) is 10.9 Å². The number of benzene rings is 1. The Morgan fingerprint density at radius 3 is 2.62 bits per heavy atom. The summed E-state index contributed by atoms with van der Waals surface area (Å²) >= 11 is 0. The van der Waals surface area contributed by atoms with Gasteiger partial charge in [-0.1, -0.05) is 29.4 Å². The lowest BCUT2D eigenvalue weighted by atomic mass is 10.1. The minimum absolute atomic E-state index is 0.150. The number of rotatable bonds is 5. The molecule has 0 unspecified atom stereocenters. The van der Waals surface area contributed by atoms with Crippen LogP contribution in [0.4, 0.5) is 0 Å². The van der Waals surface area contributed by atoms with Crippen molar-refractivity contribution in [3.63, 3.8) is 0 Å². The van der Waals surface area contributed by atoms with E-state index in [1.165, 1.54) is 18.4 Å². The van der Waals surface area contributed by atoms with Crippen LogP contribution in [-0.4, -0.2) is 17.6 Å². The van der Waals surface area contributed by atoms with E-state index in [0.29, 0.717) is 0 Å². The number of nitrogens with two attached hydrogens (primary N) is 1. The minimum Gasteiger partial charge on any atom is -0.409 e. The topological polar surface area (TPSA) is 70.6 Å². The summed E-state index contributed by atoms with van der Waals surface area (Å²) in [6, 6.07) is 7.72. The van der Waals surface area contributed by atoms with E-state index in [-0.39, 0.29) is 5.84 Å². The average Bonchev–Trinajstić information content (AvgIpc) is 3.13. The summed E-state index contributed by atoms with van der Waals surface area (Å²) in [6.07, 6.45) is 2.74. The number of amidine groups is 1. The summed E-state index contributed by atoms with van der Waals surface area (Å²) in [5.74, 6) is 1.05. The maximum atomic E-state index is 8.52. The summed E-state index contributed by atoms with van der Waals surface area (Å²) in [5.41, 5.74) is 7.44. The van der Waals surface area contributed by atoms with Crippen LogP contribution in [-0.2, 0) is 6.54 Å². The van der Waals surface area contributed by atoms with Crippen molar-refractivity contribution in [1.29, 1.82) is 0 Å². The molecule has 1 aromatic rings. The highest BCUT2D eigenvalue weighted by Gasteiger charge is 2.19. The smallest absolute Gasteiger partial charge is 0.170 e. The average molecular weight is 219 g/mol. The molecule has 1 aromatic carbocycles. The number of nitrogens with zero attached hydrogens (tertiary/aromatic N) is 1. The van der Waals surface area contributed by atoms with Gasteiger partial charge >= 0.3 is 0 Å². The van der Waals surface area contributed by atoms with Crippen molar-refractivity contribution in [2.24, 2.45) is 16.8 Å². The van der Waals surface area contributed by atoms with Gasteiger partial charge in [-0.05, 0) is 30.9 Å². The maximum Gasteiger partial charge on any atom is 0.170 e. The molecule has 0 bridgehead atoms. The predicted octanol–water partition coefficient (Wildman–Crippen LogP) is 1.28. The van der Waals surface area contributed by atoms with Crippen LogP contribution in [0.1, 0.15) is 24.0 Å². The molecule has 16 heavy (non-hydrogen) atoms. The van der Waals surface area contributed by atoms with Gasteiger partial charge in [0.05, 0.1) is 0 Å². The third-order valence-electron chi connectivity index (χ3n) is 2.82. The van der Waals surface area contributed by atoms with E-state index >= 15 is 0 Å². The van der Waals surface area contributed by atoms with Crippen LogP contribution in [0, 0.1) is 5.92 Å². The van der Waals surface area contributed by atoms with Gasteiger partial charge in [-0.2, -0.15) is 0 Å². The molecular weight excluding hydrogens is 202 g/mol. The first-order valence-electron chi connectivity index (χ1n) is 5.57. The molecule has 1 fully saturated rings. The monoisotopic (exact) mass is 219 g/mol. The van der Waals surface area contributed by atoms with Gasteiger partial charge in [0.15, 0.2) is 5.84 Å². The highest BCUT2D eigenvalue weighted by molar-refractivity contribution is 5.96. The van der Waals surface area contributed by atoms with Crippen molar-refractivity contribution in [3.8, 4) is 0 Å². The third kappa shape index (κ3) is 2.97. The van der Waals surface area contributed by atoms with Crippen molar-refractivity contribution < 1.29 is 5.21 Å². The summed E-state index contributed by atoms with van der Waals surface area (Å²) in [4.78, 5) is 0. The standard InChI is InChI=1S/C12H17N3O/c13-12(15-16)11-5-3-10(4-6-11)8-14-7-9-1-2-9/h3-6,9,14,16H,1-2,7-8H2,(H2,13,15). The Morgan fingerprint density at radius 1 is 1.38 bits per heavy atom. The lowest BCUT2D eigenvalue weighted by molar-refractivity contribution is 0.318. The van der Waals surface area contributed by atoms with E-state index in [9.17, 15) is 0 Å². The van der Waals surface area contributed by atoms with Gasteiger partial charge in [0.25, 0.3) is 0 Å². The van der Waals surface area contributed by atoms with Gasteiger partial charge in [0, 0.05) is 12.1 Å². The molecule has 4 heteroatoms. The Labute approximate surface area is 95.1 Å². The lowest BCUT2D eigenvalue weighted by Crippen LogP contribution is -2.16. The van der Waals surface area contributed by atoms with Crippen LogP contribution in [0.25, 0.3) is 0 Å². The van der Waals surface area contributed by atoms with Gasteiger partial charge in [-0.15, -0.1) is 0 Å². The zero-order valence-corrected chi connectivity index (χ0v) is 9.19. The van der Waals surface area contributed by atoms with Crippen molar-refractivity contribution in [2.75, 3.05) is 6.54 Å². The van der Waals surface area contributed by atoms with Crippen LogP contribution in [0.15, 0.2) is 29.4 Å². The molecule has 1 saturated carbocycles. The summed E-state index contributed by atoms with van der Waals surface area (Å²) in [7, 11) is 0. The van der Waals surface area contributed by atoms with Crippen molar-refractivity contribution in [3.05, 3.63) is 35.4 Å². The number of oxime groups is 1. The largest absolute Gasteiger partial charge is 0.409 e. The van der Waals surface area contributed by atoms with Crippen LogP contribution in [0.2, 0.25) is 0 Å². The number of nitrogens with one attached hydrogen (secondary N) is 1. The molecular formula is C12H17N3O. The molecule has 4 nitrogen and oxygen atoms in total. The molecule has 0 amide bonds. The first-order chi connectivity index (χ1) is 7.79. The van der Waals surface area contributed by atoms with Gasteiger partial charge in [-0.3, -0.25) is 0 Å². The minimum atomic E-state index is 0.150. The van der Waals surface area contributed by atoms with Crippen molar-refractivity contribution in [1.82, 2.24) is 5.32 Å². The molecule has 4 N–H and O–H groups in total. The second-order valence-corrected chi connectivity index (χ2v) is 4.26. The van der Waals surface area contributed by atoms with Gasteiger partial charge in [0.1, 0.15) is 0 Å². The van der Waals surface area contributed by atoms with Crippen LogP contribution in [0.3, 0.4) is 0 Å². The molecule has 0 radical (unpaired) electrons. The summed E-state index contributed by atoms with van der Waals surface area (Å²) < 4.78 is 0. The quantitative estimate of drug-likeness (QED) is 0.302. The van der Waals surface area contributed by atoms with Crippen molar-refractivity contribution in [2.45, 2.75) is 19.4 Å². The highest BCUT2D eigenvalue weighted by Crippen LogP contribution is 2.27. The molecule has 0 heterocycles. The Hall–Kier alpha value is -1.55. The molecule has 2 rings (SSSR count). The van der Waals surface area contributed by atoms with Crippen molar-refractivity contribution >= 4 is 5.84 Å². The van der Waals surface area contributed by atoms with E-state index in [0.717, 1.165) is 24.6 Å². The fourth-order valence-electron chi connectivity index (χ4n) is 1.59. The predicted molar refractivity (Wildman–Crippen MR) is 63.4 cm³/mol. The maximum absolute atomic E-state index is 8.52. The lowest BCUT2D eigenvalue weighted by Gasteiger charge is -2.04. The van der Waals surface area contributed by atoms with Gasteiger partial charge in [0.2, 0.25) is 0 Å². The molecule has 86 valence electrons. The Kier molecular flexibility index (Phi) is 3.41. The zero-order valence-electron chi connectivity index (χ0n) is 9.19. The summed E-state index contributed by atoms with van der Waals surface area (Å²) in [6.45, 7) is 1.99. The van der Waals surface area contributed by atoms with Crippen LogP contribution >= 0.6 is 0 Å². The molecule has 0 spiro atoms. The Balaban J connectivity index is 1.85. The first kappa shape index (κ1) is 11.0. The van der Waals surface area contributed by atoms with E-state index < -0.39 is 0 Å². The van der Waals surface area contributed by atoms with Gasteiger partial charge < -0.3 is 16.3 Å². The highest BCUT2D eigenvalue weighted by atomic mass is 16.4. The van der Waals surface area contributed by atoms with E-state index in [1.54, 1.807) is 0 Å². The molecule has 1 aliphatic rings. The van der Waals surface area contributed by atoms with Crippen LogP contribution < -0.4 is 11.1 Å². The normalized spacial score (nSPS) is 16.4. The Morgan fingerprint density at radius 2 is 2.06 bits per heavy atom. The molecule has 0 aromatic heterocycles. The Bertz CT molecular complexity index is 368. The summed E-state index contributed by atoms with van der Waals surface area (Å²) in [5, 5.41) is 14.9. The number of hydrogen-bond acceptors (Lipinski definition) is 3. The molecule has 0 atom stereocenters. The second-order valence-electron chi connectivity index (χ2n) is 4.26. The molecule has 0 aliphatic heterocycles. The first-order valence-corrected chi connectivity index (χ1v) is 5.57. The molecule has 1 aliphatic carbocycles. The van der Waals surface area contributed by atoms with Crippen LogP contribution in [0.5, 0.6) is 0 Å². The van der Waals surface area contributed by atoms with Gasteiger partial charge in [-0.25, -0.2) is 0 Å². The SMILES string of the molecule is NC(=NO)c1ccc(CNCC2CC2)cc1. The van der Waals surface area contributed by atoms with E-state index in [2.05, 4.69) is 10.5 Å². The third-order valence-corrected chi connectivity index (χ3v) is 2.82. The fourth-order valence-corrected chi connectivity index (χ4v) is 1.59. The zero-order chi connectivity index (χ0) is 11.4. The van der Waals surface area contributed by atoms with E-state index in [1.807, 2.05) is 24.3 Å². The fraction of sp³-hybridized carbons (Fsp3) is 0.417. The number of hydrogen-bond donors (Lipinski definition) is 3.